The molecule has 1 aliphatic rings. The van der Waals surface area contributed by atoms with E-state index in [2.05, 4.69) is 28.8 Å². The predicted molar refractivity (Wildman–Crippen MR) is 59.8 cm³/mol. The minimum atomic E-state index is -0.312. The van der Waals surface area contributed by atoms with Gasteiger partial charge in [-0.1, -0.05) is 20.3 Å². The van der Waals surface area contributed by atoms with Crippen molar-refractivity contribution in [3.63, 3.8) is 0 Å². The van der Waals surface area contributed by atoms with Crippen molar-refractivity contribution in [2.45, 2.75) is 32.7 Å². The van der Waals surface area contributed by atoms with Crippen LogP contribution in [0.1, 0.15) is 26.7 Å². The molecule has 2 unspecified atom stereocenters. The molecule has 1 saturated heterocycles. The maximum atomic E-state index is 11.1. The number of likely N-dealkylation sites (N-methyl/N-ethyl adjacent to an activating group) is 1. The van der Waals surface area contributed by atoms with Crippen LogP contribution in [-0.4, -0.2) is 43.8 Å². The van der Waals surface area contributed by atoms with Gasteiger partial charge in [-0.2, -0.15) is 0 Å². The van der Waals surface area contributed by atoms with Crippen LogP contribution in [0.4, 0.5) is 4.79 Å². The zero-order chi connectivity index (χ0) is 11.3. The molecule has 1 fully saturated rings. The van der Waals surface area contributed by atoms with E-state index in [0.29, 0.717) is 5.92 Å². The fraction of sp³-hybridized carbons (Fsp3) is 0.909. The number of hydrogen-bond acceptors (Lipinski definition) is 3. The zero-order valence-electron chi connectivity index (χ0n) is 9.95. The smallest absolute Gasteiger partial charge is 0.407 e. The molecule has 2 atom stereocenters. The highest BCUT2D eigenvalue weighted by Crippen LogP contribution is 2.19. The van der Waals surface area contributed by atoms with Crippen molar-refractivity contribution >= 4 is 6.09 Å². The van der Waals surface area contributed by atoms with Crippen LogP contribution in [0.25, 0.3) is 0 Å². The molecule has 1 amide bonds. The Hall–Kier alpha value is -0.770. The number of amides is 1. The molecule has 0 aromatic heterocycles. The summed E-state index contributed by atoms with van der Waals surface area (Å²) in [5.41, 5.74) is 0. The van der Waals surface area contributed by atoms with Gasteiger partial charge in [0.15, 0.2) is 0 Å². The molecule has 0 bridgehead atoms. The maximum absolute atomic E-state index is 11.1. The normalized spacial score (nSPS) is 27.4. The molecule has 0 aliphatic carbocycles. The second kappa shape index (κ2) is 5.95. The van der Waals surface area contributed by atoms with Gasteiger partial charge in [0.05, 0.1) is 7.11 Å². The Morgan fingerprint density at radius 2 is 2.20 bits per heavy atom. The lowest BCUT2D eigenvalue weighted by atomic mass is 9.92. The lowest BCUT2D eigenvalue weighted by molar-refractivity contribution is 0.127. The first-order chi connectivity index (χ1) is 7.19. The highest BCUT2D eigenvalue weighted by Gasteiger charge is 2.26. The number of nitrogens with one attached hydrogen (secondary N) is 1. The van der Waals surface area contributed by atoms with Crippen LogP contribution in [-0.2, 0) is 4.74 Å². The highest BCUT2D eigenvalue weighted by molar-refractivity contribution is 5.67. The first-order valence-corrected chi connectivity index (χ1v) is 5.76. The Morgan fingerprint density at radius 1 is 1.47 bits per heavy atom. The third-order valence-corrected chi connectivity index (χ3v) is 3.14. The molecule has 15 heavy (non-hydrogen) atoms. The van der Waals surface area contributed by atoms with E-state index in [0.717, 1.165) is 26.1 Å². The molecule has 0 aromatic carbocycles. The van der Waals surface area contributed by atoms with E-state index in [1.165, 1.54) is 13.5 Å². The molecule has 0 radical (unpaired) electrons. The summed E-state index contributed by atoms with van der Waals surface area (Å²) in [7, 11) is 1.41. The molecular weight excluding hydrogens is 192 g/mol. The lowest BCUT2D eigenvalue weighted by Gasteiger charge is -2.36. The van der Waals surface area contributed by atoms with Crippen molar-refractivity contribution in [1.29, 1.82) is 0 Å². The molecule has 1 rings (SSSR count). The minimum absolute atomic E-state index is 0.246. The van der Waals surface area contributed by atoms with Crippen molar-refractivity contribution in [1.82, 2.24) is 10.2 Å². The van der Waals surface area contributed by atoms with Crippen LogP contribution in [0.5, 0.6) is 0 Å². The van der Waals surface area contributed by atoms with Crippen molar-refractivity contribution in [3.8, 4) is 0 Å². The summed E-state index contributed by atoms with van der Waals surface area (Å²) in [5, 5.41) is 2.89. The SMILES string of the molecule is CCC1CC(NC(=O)OC)CN(CC)C1. The van der Waals surface area contributed by atoms with Crippen LogP contribution in [0, 0.1) is 5.92 Å². The van der Waals surface area contributed by atoms with Crippen molar-refractivity contribution in [2.75, 3.05) is 26.7 Å². The number of methoxy groups -OCH3 is 1. The van der Waals surface area contributed by atoms with Crippen LogP contribution in [0.2, 0.25) is 0 Å². The number of carbonyl (C=O) groups excluding carboxylic acids is 1. The van der Waals surface area contributed by atoms with Gasteiger partial charge in [-0.05, 0) is 18.9 Å². The van der Waals surface area contributed by atoms with Crippen molar-refractivity contribution in [2.24, 2.45) is 5.92 Å². The summed E-state index contributed by atoms with van der Waals surface area (Å²) >= 11 is 0. The van der Waals surface area contributed by atoms with E-state index in [9.17, 15) is 4.79 Å². The number of alkyl carbamates (subject to hydrolysis) is 1. The highest BCUT2D eigenvalue weighted by atomic mass is 16.5. The van der Waals surface area contributed by atoms with E-state index < -0.39 is 0 Å². The third kappa shape index (κ3) is 3.70. The standard InChI is InChI=1S/C11H22N2O2/c1-4-9-6-10(12-11(14)15-3)8-13(5-2)7-9/h9-10H,4-8H2,1-3H3,(H,12,14). The van der Waals surface area contributed by atoms with E-state index >= 15 is 0 Å². The first kappa shape index (κ1) is 12.3. The summed E-state index contributed by atoms with van der Waals surface area (Å²) in [6, 6.07) is 0.246. The zero-order valence-corrected chi connectivity index (χ0v) is 9.95. The Labute approximate surface area is 92.0 Å². The van der Waals surface area contributed by atoms with Crippen LogP contribution in [0.3, 0.4) is 0 Å². The fourth-order valence-corrected chi connectivity index (χ4v) is 2.19. The molecule has 0 spiro atoms. The summed E-state index contributed by atoms with van der Waals surface area (Å²) in [4.78, 5) is 13.5. The van der Waals surface area contributed by atoms with Crippen LogP contribution >= 0.6 is 0 Å². The van der Waals surface area contributed by atoms with Crippen molar-refractivity contribution < 1.29 is 9.53 Å². The molecule has 4 heteroatoms. The molecule has 1 heterocycles. The van der Waals surface area contributed by atoms with Gasteiger partial charge < -0.3 is 15.0 Å². The fourth-order valence-electron chi connectivity index (χ4n) is 2.19. The van der Waals surface area contributed by atoms with E-state index in [-0.39, 0.29) is 12.1 Å². The van der Waals surface area contributed by atoms with Gasteiger partial charge >= 0.3 is 6.09 Å². The average Bonchev–Trinajstić information content (AvgIpc) is 2.28. The van der Waals surface area contributed by atoms with Crippen molar-refractivity contribution in [3.05, 3.63) is 0 Å². The summed E-state index contributed by atoms with van der Waals surface area (Å²) < 4.78 is 4.62. The molecular formula is C11H22N2O2. The topological polar surface area (TPSA) is 41.6 Å². The van der Waals surface area contributed by atoms with E-state index in [1.54, 1.807) is 0 Å². The second-order valence-corrected chi connectivity index (χ2v) is 4.20. The second-order valence-electron chi connectivity index (χ2n) is 4.20. The third-order valence-electron chi connectivity index (χ3n) is 3.14. The number of carbonyl (C=O) groups is 1. The molecule has 0 aromatic rings. The molecule has 4 nitrogen and oxygen atoms in total. The number of ether oxygens (including phenoxy) is 1. The van der Waals surface area contributed by atoms with Gasteiger partial charge in [-0.25, -0.2) is 4.79 Å². The number of hydrogen-bond donors (Lipinski definition) is 1. The molecule has 88 valence electrons. The Morgan fingerprint density at radius 3 is 2.73 bits per heavy atom. The number of piperidine rings is 1. The molecule has 1 aliphatic heterocycles. The average molecular weight is 214 g/mol. The minimum Gasteiger partial charge on any atom is -0.453 e. The van der Waals surface area contributed by atoms with Crippen LogP contribution < -0.4 is 5.32 Å². The number of rotatable bonds is 3. The van der Waals surface area contributed by atoms with Gasteiger partial charge in [0.2, 0.25) is 0 Å². The largest absolute Gasteiger partial charge is 0.453 e. The Bertz CT molecular complexity index is 197. The summed E-state index contributed by atoms with van der Waals surface area (Å²) in [6.45, 7) is 7.52. The monoisotopic (exact) mass is 214 g/mol. The molecule has 1 N–H and O–H groups in total. The van der Waals surface area contributed by atoms with Crippen LogP contribution in [0.15, 0.2) is 0 Å². The van der Waals surface area contributed by atoms with Gasteiger partial charge in [0.1, 0.15) is 0 Å². The first-order valence-electron chi connectivity index (χ1n) is 5.76. The Kier molecular flexibility index (Phi) is 4.88. The predicted octanol–water partition coefficient (Wildman–Crippen LogP) is 1.46. The van der Waals surface area contributed by atoms with Gasteiger partial charge in [0, 0.05) is 19.1 Å². The van der Waals surface area contributed by atoms with Gasteiger partial charge in [0.25, 0.3) is 0 Å². The van der Waals surface area contributed by atoms with E-state index in [1.807, 2.05) is 0 Å². The van der Waals surface area contributed by atoms with E-state index in [4.69, 9.17) is 0 Å². The lowest BCUT2D eigenvalue weighted by Crippen LogP contribution is -2.50. The summed E-state index contributed by atoms with van der Waals surface area (Å²) in [5.74, 6) is 0.695. The Balaban J connectivity index is 2.46. The molecule has 0 saturated carbocycles. The quantitative estimate of drug-likeness (QED) is 0.773. The maximum Gasteiger partial charge on any atom is 0.407 e. The van der Waals surface area contributed by atoms with Gasteiger partial charge in [-0.3, -0.25) is 0 Å². The number of likely N-dealkylation sites (tertiary alicyclic amines) is 1. The van der Waals surface area contributed by atoms with Gasteiger partial charge in [-0.15, -0.1) is 0 Å². The number of nitrogens with zero attached hydrogens (tertiary/aromatic N) is 1. The summed E-state index contributed by atoms with van der Waals surface area (Å²) in [6.07, 6.45) is 1.94.